The SMILES string of the molecule is Cc1ccc(C(=O)CCC(=O)Nc2cccc(S(=O)(=O)N3CCCCCC3)c2)s1. The van der Waals surface area contributed by atoms with Crippen LogP contribution in [0.15, 0.2) is 41.3 Å². The average Bonchev–Trinajstić information content (AvgIpc) is 2.95. The molecule has 3 rings (SSSR count). The normalized spacial score (nSPS) is 15.6. The van der Waals surface area contributed by atoms with E-state index in [0.717, 1.165) is 30.6 Å². The number of hydrogen-bond donors (Lipinski definition) is 1. The molecule has 0 radical (unpaired) electrons. The van der Waals surface area contributed by atoms with E-state index >= 15 is 0 Å². The van der Waals surface area contributed by atoms with Crippen LogP contribution in [0.25, 0.3) is 0 Å². The minimum Gasteiger partial charge on any atom is -0.326 e. The smallest absolute Gasteiger partial charge is 0.243 e. The van der Waals surface area contributed by atoms with Gasteiger partial charge in [0.2, 0.25) is 15.9 Å². The molecule has 156 valence electrons. The summed E-state index contributed by atoms with van der Waals surface area (Å²) in [6.07, 6.45) is 4.01. The highest BCUT2D eigenvalue weighted by Gasteiger charge is 2.25. The number of nitrogens with one attached hydrogen (secondary N) is 1. The van der Waals surface area contributed by atoms with Crippen LogP contribution in [0.4, 0.5) is 5.69 Å². The first kappa shape index (κ1) is 21.7. The summed E-state index contributed by atoms with van der Waals surface area (Å²) in [4.78, 5) is 26.3. The van der Waals surface area contributed by atoms with Crippen LogP contribution in [0.5, 0.6) is 0 Å². The second kappa shape index (κ2) is 9.65. The van der Waals surface area contributed by atoms with Crippen LogP contribution >= 0.6 is 11.3 Å². The van der Waals surface area contributed by atoms with Crippen molar-refractivity contribution >= 4 is 38.7 Å². The van der Waals surface area contributed by atoms with Crippen molar-refractivity contribution in [2.24, 2.45) is 0 Å². The van der Waals surface area contributed by atoms with Crippen molar-refractivity contribution in [2.75, 3.05) is 18.4 Å². The summed E-state index contributed by atoms with van der Waals surface area (Å²) in [5.41, 5.74) is 0.422. The fourth-order valence-corrected chi connectivity index (χ4v) is 5.72. The molecular formula is C21H26N2O4S2. The summed E-state index contributed by atoms with van der Waals surface area (Å²) < 4.78 is 27.4. The number of Topliss-reactive ketones (excluding diaryl/α,β-unsaturated/α-hetero) is 1. The Morgan fingerprint density at radius 2 is 1.76 bits per heavy atom. The van der Waals surface area contributed by atoms with E-state index in [0.29, 0.717) is 23.7 Å². The van der Waals surface area contributed by atoms with Crippen LogP contribution < -0.4 is 5.32 Å². The van der Waals surface area contributed by atoms with Crippen molar-refractivity contribution in [3.8, 4) is 0 Å². The van der Waals surface area contributed by atoms with Crippen molar-refractivity contribution in [2.45, 2.75) is 50.3 Å². The Balaban J connectivity index is 1.61. The van der Waals surface area contributed by atoms with E-state index in [1.165, 1.54) is 21.7 Å². The molecule has 6 nitrogen and oxygen atoms in total. The lowest BCUT2D eigenvalue weighted by atomic mass is 10.2. The molecule has 1 aliphatic heterocycles. The number of anilines is 1. The molecule has 1 fully saturated rings. The molecule has 2 heterocycles. The Labute approximate surface area is 176 Å². The molecule has 8 heteroatoms. The van der Waals surface area contributed by atoms with Crippen LogP contribution in [-0.2, 0) is 14.8 Å². The van der Waals surface area contributed by atoms with E-state index in [-0.39, 0.29) is 29.4 Å². The van der Waals surface area contributed by atoms with E-state index < -0.39 is 10.0 Å². The lowest BCUT2D eigenvalue weighted by Gasteiger charge is -2.20. The highest BCUT2D eigenvalue weighted by Crippen LogP contribution is 2.23. The number of ketones is 1. The molecule has 1 aliphatic rings. The van der Waals surface area contributed by atoms with Gasteiger partial charge >= 0.3 is 0 Å². The largest absolute Gasteiger partial charge is 0.326 e. The number of amides is 1. The van der Waals surface area contributed by atoms with Crippen molar-refractivity contribution in [1.29, 1.82) is 0 Å². The predicted octanol–water partition coefficient (Wildman–Crippen LogP) is 4.22. The third kappa shape index (κ3) is 5.74. The zero-order valence-electron chi connectivity index (χ0n) is 16.5. The van der Waals surface area contributed by atoms with Gasteiger partial charge in [-0.3, -0.25) is 9.59 Å². The van der Waals surface area contributed by atoms with Crippen LogP contribution in [0.2, 0.25) is 0 Å². The number of carbonyl (C=O) groups excluding carboxylic acids is 2. The van der Waals surface area contributed by atoms with Crippen LogP contribution in [0.1, 0.15) is 53.1 Å². The third-order valence-electron chi connectivity index (χ3n) is 4.91. The Morgan fingerprint density at radius 3 is 2.41 bits per heavy atom. The fraction of sp³-hybridized carbons (Fsp3) is 0.429. The molecule has 1 aromatic carbocycles. The van der Waals surface area contributed by atoms with E-state index in [9.17, 15) is 18.0 Å². The van der Waals surface area contributed by atoms with Gasteiger partial charge in [-0.25, -0.2) is 8.42 Å². The first-order valence-electron chi connectivity index (χ1n) is 9.86. The Morgan fingerprint density at radius 1 is 1.03 bits per heavy atom. The van der Waals surface area contributed by atoms with E-state index in [2.05, 4.69) is 5.32 Å². The van der Waals surface area contributed by atoms with Gasteiger partial charge in [0, 0.05) is 36.5 Å². The maximum atomic E-state index is 12.9. The van der Waals surface area contributed by atoms with E-state index in [1.807, 2.05) is 13.0 Å². The summed E-state index contributed by atoms with van der Waals surface area (Å²) in [6.45, 7) is 2.99. The van der Waals surface area contributed by atoms with Crippen LogP contribution in [-0.4, -0.2) is 37.5 Å². The zero-order chi connectivity index (χ0) is 20.9. The van der Waals surface area contributed by atoms with Gasteiger partial charge in [-0.2, -0.15) is 4.31 Å². The third-order valence-corrected chi connectivity index (χ3v) is 7.85. The first-order chi connectivity index (χ1) is 13.9. The van der Waals surface area contributed by atoms with Gasteiger partial charge in [0.05, 0.1) is 9.77 Å². The number of sulfonamides is 1. The van der Waals surface area contributed by atoms with E-state index in [1.54, 1.807) is 24.3 Å². The lowest BCUT2D eigenvalue weighted by Crippen LogP contribution is -2.32. The molecule has 0 unspecified atom stereocenters. The Kier molecular flexibility index (Phi) is 7.21. The summed E-state index contributed by atoms with van der Waals surface area (Å²) >= 11 is 1.42. The second-order valence-electron chi connectivity index (χ2n) is 7.23. The summed E-state index contributed by atoms with van der Waals surface area (Å²) in [5, 5.41) is 2.71. The summed E-state index contributed by atoms with van der Waals surface area (Å²) in [6, 6.07) is 9.98. The molecule has 0 saturated carbocycles. The minimum atomic E-state index is -3.57. The number of nitrogens with zero attached hydrogens (tertiary/aromatic N) is 1. The van der Waals surface area contributed by atoms with Gasteiger partial charge in [0.25, 0.3) is 0 Å². The van der Waals surface area contributed by atoms with Gasteiger partial charge in [-0.15, -0.1) is 11.3 Å². The highest BCUT2D eigenvalue weighted by molar-refractivity contribution is 7.89. The van der Waals surface area contributed by atoms with Crippen molar-refractivity contribution in [1.82, 2.24) is 4.31 Å². The maximum Gasteiger partial charge on any atom is 0.243 e. The summed E-state index contributed by atoms with van der Waals surface area (Å²) in [7, 11) is -3.57. The summed E-state index contributed by atoms with van der Waals surface area (Å²) in [5.74, 6) is -0.369. The van der Waals surface area contributed by atoms with Crippen molar-refractivity contribution < 1.29 is 18.0 Å². The van der Waals surface area contributed by atoms with Gasteiger partial charge < -0.3 is 5.32 Å². The molecule has 2 aromatic rings. The molecule has 0 atom stereocenters. The molecule has 1 N–H and O–H groups in total. The zero-order valence-corrected chi connectivity index (χ0v) is 18.2. The maximum absolute atomic E-state index is 12.9. The number of thiophene rings is 1. The number of hydrogen-bond acceptors (Lipinski definition) is 5. The Bertz CT molecular complexity index is 974. The molecule has 1 amide bonds. The first-order valence-corrected chi connectivity index (χ1v) is 12.1. The molecule has 1 saturated heterocycles. The van der Waals surface area contributed by atoms with Gasteiger partial charge in [0.1, 0.15) is 0 Å². The number of benzene rings is 1. The second-order valence-corrected chi connectivity index (χ2v) is 10.5. The lowest BCUT2D eigenvalue weighted by molar-refractivity contribution is -0.116. The topological polar surface area (TPSA) is 83.5 Å². The molecule has 1 aromatic heterocycles. The molecule has 0 aliphatic carbocycles. The number of aryl methyl sites for hydroxylation is 1. The van der Waals surface area contributed by atoms with Crippen molar-refractivity contribution in [3.63, 3.8) is 0 Å². The van der Waals surface area contributed by atoms with Gasteiger partial charge in [-0.1, -0.05) is 18.9 Å². The molecule has 0 spiro atoms. The van der Waals surface area contributed by atoms with Gasteiger partial charge in [-0.05, 0) is 50.1 Å². The monoisotopic (exact) mass is 434 g/mol. The molecule has 0 bridgehead atoms. The van der Waals surface area contributed by atoms with Gasteiger partial charge in [0.15, 0.2) is 5.78 Å². The number of carbonyl (C=O) groups is 2. The predicted molar refractivity (Wildman–Crippen MR) is 115 cm³/mol. The quantitative estimate of drug-likeness (QED) is 0.661. The molecular weight excluding hydrogens is 408 g/mol. The van der Waals surface area contributed by atoms with Crippen LogP contribution in [0, 0.1) is 6.92 Å². The van der Waals surface area contributed by atoms with E-state index in [4.69, 9.17) is 0 Å². The minimum absolute atomic E-state index is 0.0544. The van der Waals surface area contributed by atoms with Crippen molar-refractivity contribution in [3.05, 3.63) is 46.2 Å². The number of rotatable bonds is 7. The fourth-order valence-electron chi connectivity index (χ4n) is 3.32. The highest BCUT2D eigenvalue weighted by atomic mass is 32.2. The standard InChI is InChI=1S/C21H26N2O4S2/c1-16-9-11-20(28-16)19(24)10-12-21(25)22-17-7-6-8-18(15-17)29(26,27)23-13-4-2-3-5-14-23/h6-9,11,15H,2-5,10,12-14H2,1H3,(H,22,25). The average molecular weight is 435 g/mol. The Hall–Kier alpha value is -2.03. The molecule has 29 heavy (non-hydrogen) atoms. The van der Waals surface area contributed by atoms with Crippen LogP contribution in [0.3, 0.4) is 0 Å².